The van der Waals surface area contributed by atoms with Gasteiger partial charge < -0.3 is 10.2 Å². The minimum atomic E-state index is 0.0839. The molecule has 1 saturated heterocycles. The number of rotatable bonds is 4. The summed E-state index contributed by atoms with van der Waals surface area (Å²) in [6, 6.07) is 0. The lowest BCUT2D eigenvalue weighted by Crippen LogP contribution is -2.44. The lowest BCUT2D eigenvalue weighted by atomic mass is 9.97. The van der Waals surface area contributed by atoms with Crippen LogP contribution in [0.3, 0.4) is 0 Å². The van der Waals surface area contributed by atoms with Gasteiger partial charge in [-0.05, 0) is 66.3 Å². The van der Waals surface area contributed by atoms with Gasteiger partial charge in [0.05, 0.1) is 0 Å². The third-order valence-electron chi connectivity index (χ3n) is 7.11. The summed E-state index contributed by atoms with van der Waals surface area (Å²) >= 11 is 1.74. The highest BCUT2D eigenvalue weighted by molar-refractivity contribution is 7.08. The van der Waals surface area contributed by atoms with E-state index in [0.29, 0.717) is 17.7 Å². The first kappa shape index (κ1) is 15.9. The molecule has 1 aromatic rings. The van der Waals surface area contributed by atoms with Gasteiger partial charge in [-0.3, -0.25) is 9.59 Å². The maximum Gasteiger partial charge on any atom is 0.226 e. The molecular formula is C20H26N2O2S. The minimum absolute atomic E-state index is 0.0839. The van der Waals surface area contributed by atoms with E-state index in [1.54, 1.807) is 11.3 Å². The summed E-state index contributed by atoms with van der Waals surface area (Å²) < 4.78 is 0. The Hall–Kier alpha value is -1.36. The molecule has 1 N–H and O–H groups in total. The molecule has 1 aromatic heterocycles. The van der Waals surface area contributed by atoms with Gasteiger partial charge in [-0.25, -0.2) is 0 Å². The van der Waals surface area contributed by atoms with Crippen LogP contribution < -0.4 is 5.32 Å². The number of carbonyl (C=O) groups excluding carboxylic acids is 2. The average Bonchev–Trinajstić information content (AvgIpc) is 3.35. The first-order chi connectivity index (χ1) is 12.1. The quantitative estimate of drug-likeness (QED) is 0.899. The van der Waals surface area contributed by atoms with E-state index in [1.807, 2.05) is 0 Å². The molecule has 0 bridgehead atoms. The summed E-state index contributed by atoms with van der Waals surface area (Å²) in [4.78, 5) is 27.5. The first-order valence-corrected chi connectivity index (χ1v) is 10.7. The number of carbonyl (C=O) groups is 2. The van der Waals surface area contributed by atoms with Crippen LogP contribution in [0.15, 0.2) is 10.8 Å². The van der Waals surface area contributed by atoms with Crippen LogP contribution in [0.4, 0.5) is 0 Å². The number of fused-ring (bicyclic) bond motifs is 1. The van der Waals surface area contributed by atoms with Crippen LogP contribution in [0.5, 0.6) is 0 Å². The second-order valence-electron chi connectivity index (χ2n) is 8.67. The van der Waals surface area contributed by atoms with Crippen LogP contribution in [0.2, 0.25) is 0 Å². The molecule has 4 aliphatic rings. The lowest BCUT2D eigenvalue weighted by molar-refractivity contribution is -0.134. The van der Waals surface area contributed by atoms with Crippen molar-refractivity contribution in [3.8, 4) is 0 Å². The van der Waals surface area contributed by atoms with Gasteiger partial charge in [-0.1, -0.05) is 6.92 Å². The number of nitrogens with zero attached hydrogens (tertiary/aromatic N) is 1. The van der Waals surface area contributed by atoms with Gasteiger partial charge in [0, 0.05) is 36.4 Å². The molecule has 3 fully saturated rings. The third kappa shape index (κ3) is 2.54. The fraction of sp³-hybridized carbons (Fsp3) is 0.700. The molecule has 1 aliphatic heterocycles. The van der Waals surface area contributed by atoms with E-state index in [0.717, 1.165) is 51.6 Å². The maximum absolute atomic E-state index is 12.7. The Morgan fingerprint density at radius 2 is 1.96 bits per heavy atom. The second-order valence-corrected chi connectivity index (χ2v) is 9.41. The predicted molar refractivity (Wildman–Crippen MR) is 97.3 cm³/mol. The fourth-order valence-corrected chi connectivity index (χ4v) is 6.05. The zero-order valence-electron chi connectivity index (χ0n) is 14.8. The molecule has 134 valence electrons. The smallest absolute Gasteiger partial charge is 0.226 e. The molecule has 5 rings (SSSR count). The SMILES string of the molecule is CC1CC1C(=O)N1CCC(CNC(=O)C2Cc3cscc3C2)C12CC2. The van der Waals surface area contributed by atoms with Gasteiger partial charge in [0.1, 0.15) is 0 Å². The van der Waals surface area contributed by atoms with Crippen molar-refractivity contribution >= 4 is 23.2 Å². The molecule has 2 amide bonds. The predicted octanol–water partition coefficient (Wildman–Crippen LogP) is 2.62. The standard InChI is InChI=1S/C20H26N2O2S/c1-12-6-17(12)19(24)22-5-2-16(20(22)3-4-20)9-21-18(23)13-7-14-10-25-11-15(14)8-13/h10-13,16-17H,2-9H2,1H3,(H,21,23). The Morgan fingerprint density at radius 3 is 2.56 bits per heavy atom. The Morgan fingerprint density at radius 1 is 1.28 bits per heavy atom. The van der Waals surface area contributed by atoms with Gasteiger partial charge in [-0.15, -0.1) is 0 Å². The van der Waals surface area contributed by atoms with Crippen molar-refractivity contribution in [1.82, 2.24) is 10.2 Å². The molecular weight excluding hydrogens is 332 g/mol. The molecule has 3 atom stereocenters. The van der Waals surface area contributed by atoms with Crippen LogP contribution in [-0.4, -0.2) is 35.3 Å². The van der Waals surface area contributed by atoms with Crippen LogP contribution >= 0.6 is 11.3 Å². The van der Waals surface area contributed by atoms with E-state index < -0.39 is 0 Å². The monoisotopic (exact) mass is 358 g/mol. The molecule has 2 heterocycles. The van der Waals surface area contributed by atoms with Crippen molar-refractivity contribution in [1.29, 1.82) is 0 Å². The molecule has 25 heavy (non-hydrogen) atoms. The van der Waals surface area contributed by atoms with E-state index >= 15 is 0 Å². The molecule has 3 unspecified atom stereocenters. The van der Waals surface area contributed by atoms with Crippen LogP contribution in [0.1, 0.15) is 43.7 Å². The van der Waals surface area contributed by atoms with E-state index in [1.165, 1.54) is 11.1 Å². The van der Waals surface area contributed by atoms with Gasteiger partial charge in [0.2, 0.25) is 11.8 Å². The number of hydrogen-bond acceptors (Lipinski definition) is 3. The average molecular weight is 359 g/mol. The maximum atomic E-state index is 12.7. The molecule has 0 aromatic carbocycles. The minimum Gasteiger partial charge on any atom is -0.355 e. The third-order valence-corrected chi connectivity index (χ3v) is 7.95. The summed E-state index contributed by atoms with van der Waals surface area (Å²) in [6.07, 6.45) is 6.15. The summed E-state index contributed by atoms with van der Waals surface area (Å²) in [7, 11) is 0. The largest absolute Gasteiger partial charge is 0.355 e. The van der Waals surface area contributed by atoms with Gasteiger partial charge in [0.15, 0.2) is 0 Å². The number of nitrogens with one attached hydrogen (secondary N) is 1. The van der Waals surface area contributed by atoms with E-state index in [4.69, 9.17) is 0 Å². The second kappa shape index (κ2) is 5.57. The topological polar surface area (TPSA) is 49.4 Å². The molecule has 5 heteroatoms. The van der Waals surface area contributed by atoms with Crippen molar-refractivity contribution in [2.24, 2.45) is 23.7 Å². The van der Waals surface area contributed by atoms with Gasteiger partial charge >= 0.3 is 0 Å². The van der Waals surface area contributed by atoms with Crippen molar-refractivity contribution in [3.63, 3.8) is 0 Å². The van der Waals surface area contributed by atoms with Gasteiger partial charge in [0.25, 0.3) is 0 Å². The summed E-state index contributed by atoms with van der Waals surface area (Å²) in [6.45, 7) is 3.81. The molecule has 2 saturated carbocycles. The highest BCUT2D eigenvalue weighted by atomic mass is 32.1. The van der Waals surface area contributed by atoms with Crippen LogP contribution in [0, 0.1) is 23.7 Å². The highest BCUT2D eigenvalue weighted by Gasteiger charge is 2.60. The van der Waals surface area contributed by atoms with Crippen molar-refractivity contribution < 1.29 is 9.59 Å². The number of likely N-dealkylation sites (tertiary alicyclic amines) is 1. The molecule has 0 radical (unpaired) electrons. The Balaban J connectivity index is 1.18. The van der Waals surface area contributed by atoms with Crippen molar-refractivity contribution in [2.45, 2.75) is 51.0 Å². The molecule has 1 spiro atoms. The van der Waals surface area contributed by atoms with Crippen molar-refractivity contribution in [2.75, 3.05) is 13.1 Å². The zero-order chi connectivity index (χ0) is 17.2. The zero-order valence-corrected chi connectivity index (χ0v) is 15.6. The summed E-state index contributed by atoms with van der Waals surface area (Å²) in [5, 5.41) is 7.59. The fourth-order valence-electron chi connectivity index (χ4n) is 5.16. The Bertz CT molecular complexity index is 703. The van der Waals surface area contributed by atoms with Crippen LogP contribution in [-0.2, 0) is 22.4 Å². The Kier molecular flexibility index (Phi) is 3.53. The van der Waals surface area contributed by atoms with E-state index in [9.17, 15) is 9.59 Å². The molecule has 4 nitrogen and oxygen atoms in total. The van der Waals surface area contributed by atoms with Crippen LogP contribution in [0.25, 0.3) is 0 Å². The molecule has 3 aliphatic carbocycles. The number of thiophene rings is 1. The number of amides is 2. The lowest BCUT2D eigenvalue weighted by Gasteiger charge is -2.29. The number of hydrogen-bond donors (Lipinski definition) is 1. The Labute approximate surface area is 153 Å². The summed E-state index contributed by atoms with van der Waals surface area (Å²) in [5.41, 5.74) is 2.81. The normalized spacial score (nSPS) is 32.0. The highest BCUT2D eigenvalue weighted by Crippen LogP contribution is 2.55. The summed E-state index contributed by atoms with van der Waals surface area (Å²) in [5.74, 6) is 2.01. The van der Waals surface area contributed by atoms with Gasteiger partial charge in [-0.2, -0.15) is 11.3 Å². The van der Waals surface area contributed by atoms with E-state index in [-0.39, 0.29) is 23.3 Å². The van der Waals surface area contributed by atoms with E-state index in [2.05, 4.69) is 27.9 Å². The first-order valence-electron chi connectivity index (χ1n) is 9.71. The van der Waals surface area contributed by atoms with Crippen molar-refractivity contribution in [3.05, 3.63) is 21.9 Å².